The van der Waals surface area contributed by atoms with Crippen molar-refractivity contribution >= 4 is 74.1 Å². The first-order valence-corrected chi connectivity index (χ1v) is 25.1. The molecule has 12 N–H and O–H groups in total. The summed E-state index contributed by atoms with van der Waals surface area (Å²) >= 11 is 3.10. The van der Waals surface area contributed by atoms with Crippen molar-refractivity contribution < 1.29 is 38.7 Å². The van der Waals surface area contributed by atoms with Crippen molar-refractivity contribution in [2.75, 3.05) is 13.1 Å². The molecule has 22 heteroatoms. The number of hydrogen-bond acceptors (Lipinski definition) is 14. The van der Waals surface area contributed by atoms with Gasteiger partial charge < -0.3 is 48.5 Å². The standard InChI is InChI=1S/C48H60N12O8S2/c1-3-26(2)42-48(68)59-23-30(60-24-36(57-58-60)27-13-15-28(16-14-27)38-12-8-18-69-38)20-37(59)47(67)55-34(19-29-25-70-39-11-5-4-9-31(29)39)45(65)53-33(43(51)63)10-6-7-17-52-41(62)21-32(49)44(64)54-35(22-40(50)61)46(66)56-42/h4-5,8-9,11-16,18,24-26,30,32-35,37,42,46,56,66H,3,6-7,10,17,19-23,49H2,1-2H3,(H2,50,61)(H2,51,63)(H,52,62)(H,53,65)(H,54,64)(H,55,67)/t26-,30-,32-,33-,34-,35-,37-,42-,46?/m0/s1. The lowest BCUT2D eigenvalue weighted by Crippen LogP contribution is -2.62. The normalized spacial score (nSPS) is 25.3. The largest absolute Gasteiger partial charge is 0.376 e. The van der Waals surface area contributed by atoms with Crippen molar-refractivity contribution in [3.63, 3.8) is 0 Å². The highest BCUT2D eigenvalue weighted by Crippen LogP contribution is 2.32. The van der Waals surface area contributed by atoms with E-state index in [1.165, 1.54) is 16.2 Å². The van der Waals surface area contributed by atoms with Gasteiger partial charge in [0.25, 0.3) is 0 Å². The Bertz CT molecular complexity index is 2660. The molecule has 0 radical (unpaired) electrons. The summed E-state index contributed by atoms with van der Waals surface area (Å²) < 4.78 is 2.57. The molecule has 5 aromatic rings. The number of nitrogens with zero attached hydrogens (tertiary/aromatic N) is 4. The van der Waals surface area contributed by atoms with Crippen molar-refractivity contribution in [3.8, 4) is 21.7 Å². The van der Waals surface area contributed by atoms with Gasteiger partial charge in [0.15, 0.2) is 0 Å². The number of nitrogens with two attached hydrogens (primary N) is 3. The van der Waals surface area contributed by atoms with E-state index in [2.05, 4.69) is 36.9 Å². The van der Waals surface area contributed by atoms with E-state index < -0.39 is 109 Å². The molecule has 0 bridgehead atoms. The van der Waals surface area contributed by atoms with Crippen LogP contribution in [-0.4, -0.2) is 122 Å². The highest BCUT2D eigenvalue weighted by Gasteiger charge is 2.45. The lowest BCUT2D eigenvalue weighted by Gasteiger charge is -2.35. The van der Waals surface area contributed by atoms with Crippen molar-refractivity contribution in [2.45, 2.75) is 114 Å². The number of hydrogen-bond donors (Lipinski definition) is 9. The Kier molecular flexibility index (Phi) is 17.1. The first-order chi connectivity index (χ1) is 33.6. The van der Waals surface area contributed by atoms with Gasteiger partial charge in [0.2, 0.25) is 41.4 Å². The van der Waals surface area contributed by atoms with Crippen LogP contribution < -0.4 is 43.8 Å². The van der Waals surface area contributed by atoms with Gasteiger partial charge in [-0.3, -0.25) is 38.9 Å². The third-order valence-corrected chi connectivity index (χ3v) is 14.9. The van der Waals surface area contributed by atoms with Crippen molar-refractivity contribution in [1.82, 2.24) is 46.5 Å². The first-order valence-electron chi connectivity index (χ1n) is 23.4. The number of nitrogens with one attached hydrogen (secondary N) is 5. The lowest BCUT2D eigenvalue weighted by atomic mass is 9.96. The number of rotatable bonds is 10. The fraction of sp³-hybridized carbons (Fsp3) is 0.438. The first kappa shape index (κ1) is 51.3. The van der Waals surface area contributed by atoms with Gasteiger partial charge in [-0.1, -0.05) is 74.0 Å². The third kappa shape index (κ3) is 12.6. The van der Waals surface area contributed by atoms with Gasteiger partial charge >= 0.3 is 0 Å². The van der Waals surface area contributed by atoms with Gasteiger partial charge in [-0.2, -0.15) is 0 Å². The Labute approximate surface area is 412 Å². The molecule has 7 rings (SSSR count). The van der Waals surface area contributed by atoms with Crippen molar-refractivity contribution in [2.24, 2.45) is 23.1 Å². The van der Waals surface area contributed by atoms with E-state index in [1.807, 2.05) is 78.3 Å². The summed E-state index contributed by atoms with van der Waals surface area (Å²) in [7, 11) is 0. The summed E-state index contributed by atoms with van der Waals surface area (Å²) in [4.78, 5) is 98.2. The second kappa shape index (κ2) is 23.3. The van der Waals surface area contributed by atoms with E-state index in [9.17, 15) is 33.9 Å². The molecule has 20 nitrogen and oxygen atoms in total. The van der Waals surface area contributed by atoms with E-state index in [4.69, 9.17) is 17.2 Å². The van der Waals surface area contributed by atoms with E-state index in [0.717, 1.165) is 31.7 Å². The molecule has 7 amide bonds. The number of amides is 7. The van der Waals surface area contributed by atoms with Gasteiger partial charge in [0.1, 0.15) is 30.0 Å². The summed E-state index contributed by atoms with van der Waals surface area (Å²) in [6.07, 6.45) is 0.292. The molecule has 2 aliphatic rings. The van der Waals surface area contributed by atoms with Gasteiger partial charge in [0, 0.05) is 41.1 Å². The molecular weight excluding hydrogens is 937 g/mol. The zero-order valence-corrected chi connectivity index (χ0v) is 40.5. The number of carbonyl (C=O) groups excluding carboxylic acids is 7. The topological polar surface area (TPSA) is 312 Å². The summed E-state index contributed by atoms with van der Waals surface area (Å²) in [6.45, 7) is 3.70. The molecule has 0 aliphatic carbocycles. The van der Waals surface area contributed by atoms with Crippen LogP contribution in [0.25, 0.3) is 31.8 Å². The Balaban J connectivity index is 1.24. The lowest BCUT2D eigenvalue weighted by molar-refractivity contribution is -0.143. The molecular formula is C48H60N12O8S2. The SMILES string of the molecule is CC[C@H](C)[C@@H]1NC(O)[C@H](CC(N)=O)NC(=O)[C@@H](N)CC(=O)NCCCC[C@@H](C(N)=O)NC(=O)[C@H](Cc2csc3ccccc23)NC(=O)[C@@H]2C[C@H](n3cc(-c4ccc(-c5cccs5)cc4)nn3)CN2C1=O. The molecule has 5 heterocycles. The molecule has 2 aromatic carbocycles. The van der Waals surface area contributed by atoms with Crippen LogP contribution in [0.15, 0.2) is 77.6 Å². The number of aromatic nitrogens is 3. The predicted octanol–water partition coefficient (Wildman–Crippen LogP) is 1.43. The Morgan fingerprint density at radius 3 is 2.39 bits per heavy atom. The maximum atomic E-state index is 15.1. The van der Waals surface area contributed by atoms with Gasteiger partial charge in [0.05, 0.1) is 43.2 Å². The zero-order chi connectivity index (χ0) is 50.1. The molecule has 1 unspecified atom stereocenters. The average Bonchev–Trinajstić information content (AvgIpc) is 4.19. The monoisotopic (exact) mass is 996 g/mol. The summed E-state index contributed by atoms with van der Waals surface area (Å²) in [5.41, 5.74) is 20.6. The second-order valence-corrected chi connectivity index (χ2v) is 19.8. The summed E-state index contributed by atoms with van der Waals surface area (Å²) in [5, 5.41) is 39.2. The van der Waals surface area contributed by atoms with Crippen LogP contribution in [0.2, 0.25) is 0 Å². The molecule has 2 saturated heterocycles. The fourth-order valence-corrected chi connectivity index (χ4v) is 10.5. The van der Waals surface area contributed by atoms with Gasteiger partial charge in [-0.15, -0.1) is 27.8 Å². The van der Waals surface area contributed by atoms with E-state index in [0.29, 0.717) is 25.0 Å². The van der Waals surface area contributed by atoms with Crippen LogP contribution in [0, 0.1) is 5.92 Å². The number of fused-ring (bicyclic) bond motifs is 2. The molecule has 0 spiro atoms. The van der Waals surface area contributed by atoms with Crippen LogP contribution in [0.4, 0.5) is 0 Å². The van der Waals surface area contributed by atoms with Crippen molar-refractivity contribution in [1.29, 1.82) is 0 Å². The Morgan fingerprint density at radius 2 is 1.67 bits per heavy atom. The maximum absolute atomic E-state index is 15.1. The predicted molar refractivity (Wildman–Crippen MR) is 264 cm³/mol. The zero-order valence-electron chi connectivity index (χ0n) is 38.9. The number of primary amides is 2. The fourth-order valence-electron chi connectivity index (χ4n) is 8.79. The minimum atomic E-state index is -1.75. The van der Waals surface area contributed by atoms with Gasteiger partial charge in [-0.25, -0.2) is 4.68 Å². The molecule has 2 aliphatic heterocycles. The van der Waals surface area contributed by atoms with E-state index in [-0.39, 0.29) is 32.4 Å². The Hall–Kier alpha value is -6.59. The summed E-state index contributed by atoms with van der Waals surface area (Å²) in [5.74, 6) is -5.53. The average molecular weight is 997 g/mol. The minimum absolute atomic E-state index is 0.0270. The molecule has 0 saturated carbocycles. The highest BCUT2D eigenvalue weighted by atomic mass is 32.1. The number of aliphatic hydroxyl groups excluding tert-OH is 1. The molecule has 9 atom stereocenters. The molecule has 372 valence electrons. The number of benzene rings is 2. The Morgan fingerprint density at radius 1 is 0.914 bits per heavy atom. The van der Waals surface area contributed by atoms with E-state index >= 15 is 4.79 Å². The highest BCUT2D eigenvalue weighted by molar-refractivity contribution is 7.17. The third-order valence-electron chi connectivity index (χ3n) is 13.0. The minimum Gasteiger partial charge on any atom is -0.376 e. The van der Waals surface area contributed by atoms with Crippen LogP contribution in [0.5, 0.6) is 0 Å². The molecule has 70 heavy (non-hydrogen) atoms. The van der Waals surface area contributed by atoms with Crippen LogP contribution >= 0.6 is 22.7 Å². The van der Waals surface area contributed by atoms with Crippen LogP contribution in [0.1, 0.15) is 70.4 Å². The second-order valence-electron chi connectivity index (χ2n) is 17.9. The number of aliphatic hydroxyl groups is 1. The molecule has 3 aromatic heterocycles. The van der Waals surface area contributed by atoms with Crippen LogP contribution in [-0.2, 0) is 40.0 Å². The van der Waals surface area contributed by atoms with Crippen molar-refractivity contribution in [3.05, 3.63) is 83.2 Å². The molecule has 2 fully saturated rings. The van der Waals surface area contributed by atoms with Gasteiger partial charge in [-0.05, 0) is 64.6 Å². The smallest absolute Gasteiger partial charge is 0.243 e. The van der Waals surface area contributed by atoms with E-state index in [1.54, 1.807) is 29.1 Å². The van der Waals surface area contributed by atoms with Crippen LogP contribution in [0.3, 0.4) is 0 Å². The quantitative estimate of drug-likeness (QED) is 0.0960. The maximum Gasteiger partial charge on any atom is 0.243 e. The number of carbonyl (C=O) groups is 7. The number of thiophene rings is 2. The summed E-state index contributed by atoms with van der Waals surface area (Å²) in [6, 6.07) is 11.4.